The molecule has 1 aliphatic rings. The van der Waals surface area contributed by atoms with Crippen molar-refractivity contribution in [2.24, 2.45) is 0 Å². The number of nitrogens with one attached hydrogen (secondary N) is 1. The minimum absolute atomic E-state index is 0.493. The van der Waals surface area contributed by atoms with Crippen molar-refractivity contribution < 1.29 is 0 Å². The third kappa shape index (κ3) is 4.45. The van der Waals surface area contributed by atoms with Gasteiger partial charge in [-0.25, -0.2) is 9.97 Å². The van der Waals surface area contributed by atoms with Crippen molar-refractivity contribution in [2.75, 3.05) is 12.3 Å². The molecule has 0 bridgehead atoms. The highest BCUT2D eigenvalue weighted by Gasteiger charge is 2.22. The van der Waals surface area contributed by atoms with Gasteiger partial charge in [0.1, 0.15) is 5.82 Å². The molecule has 1 heterocycles. The summed E-state index contributed by atoms with van der Waals surface area (Å²) in [5.74, 6) is 3.60. The first-order valence-corrected chi connectivity index (χ1v) is 8.92. The average Bonchev–Trinajstić information content (AvgIpc) is 3.20. The number of hydrogen-bond acceptors (Lipinski definition) is 4. The van der Waals surface area contributed by atoms with Crippen molar-refractivity contribution in [3.63, 3.8) is 0 Å². The Kier molecular flexibility index (Phi) is 5.85. The predicted molar refractivity (Wildman–Crippen MR) is 87.4 cm³/mol. The number of hydrogen-bond donors (Lipinski definition) is 1. The van der Waals surface area contributed by atoms with Crippen LogP contribution in [0.5, 0.6) is 0 Å². The number of aromatic nitrogens is 2. The molecule has 1 aliphatic carbocycles. The SMILES string of the molecule is CCCSCc1nc(C)c(C(C)CNC2CC2)c(C)n1. The lowest BCUT2D eigenvalue weighted by molar-refractivity contribution is 0.602. The summed E-state index contributed by atoms with van der Waals surface area (Å²) >= 11 is 1.92. The third-order valence-electron chi connectivity index (χ3n) is 3.74. The van der Waals surface area contributed by atoms with E-state index < -0.39 is 0 Å². The molecule has 1 atom stereocenters. The van der Waals surface area contributed by atoms with Crippen LogP contribution in [0.2, 0.25) is 0 Å². The number of aryl methyl sites for hydroxylation is 2. The van der Waals surface area contributed by atoms with E-state index in [1.165, 1.54) is 30.6 Å². The maximum atomic E-state index is 4.71. The molecule has 20 heavy (non-hydrogen) atoms. The quantitative estimate of drug-likeness (QED) is 0.743. The molecule has 1 saturated carbocycles. The van der Waals surface area contributed by atoms with E-state index in [2.05, 4.69) is 33.0 Å². The second-order valence-corrected chi connectivity index (χ2v) is 6.97. The molecule has 0 aromatic carbocycles. The van der Waals surface area contributed by atoms with E-state index in [4.69, 9.17) is 9.97 Å². The molecular formula is C16H27N3S. The lowest BCUT2D eigenvalue weighted by atomic mass is 9.98. The predicted octanol–water partition coefficient (Wildman–Crippen LogP) is 3.59. The van der Waals surface area contributed by atoms with Crippen LogP contribution >= 0.6 is 11.8 Å². The van der Waals surface area contributed by atoms with Gasteiger partial charge in [-0.2, -0.15) is 11.8 Å². The number of thioether (sulfide) groups is 1. The Labute approximate surface area is 127 Å². The van der Waals surface area contributed by atoms with E-state index >= 15 is 0 Å². The summed E-state index contributed by atoms with van der Waals surface area (Å²) in [6.45, 7) is 9.79. The minimum Gasteiger partial charge on any atom is -0.313 e. The summed E-state index contributed by atoms with van der Waals surface area (Å²) in [7, 11) is 0. The molecule has 2 rings (SSSR count). The van der Waals surface area contributed by atoms with Crippen LogP contribution in [0.4, 0.5) is 0 Å². The Bertz CT molecular complexity index is 420. The summed E-state index contributed by atoms with van der Waals surface area (Å²) in [6.07, 6.45) is 3.90. The van der Waals surface area contributed by atoms with Crippen LogP contribution in [0.3, 0.4) is 0 Å². The van der Waals surface area contributed by atoms with Gasteiger partial charge in [-0.3, -0.25) is 0 Å². The molecule has 1 unspecified atom stereocenters. The van der Waals surface area contributed by atoms with Crippen LogP contribution in [-0.4, -0.2) is 28.3 Å². The highest BCUT2D eigenvalue weighted by atomic mass is 32.2. The molecule has 112 valence electrons. The van der Waals surface area contributed by atoms with Gasteiger partial charge in [-0.05, 0) is 50.3 Å². The highest BCUT2D eigenvalue weighted by molar-refractivity contribution is 7.98. The molecular weight excluding hydrogens is 266 g/mol. The molecule has 0 spiro atoms. The van der Waals surface area contributed by atoms with Crippen molar-refractivity contribution in [3.8, 4) is 0 Å². The lowest BCUT2D eigenvalue weighted by Crippen LogP contribution is -2.23. The van der Waals surface area contributed by atoms with Gasteiger partial charge >= 0.3 is 0 Å². The maximum Gasteiger partial charge on any atom is 0.138 e. The Hall–Kier alpha value is -0.610. The Morgan fingerprint density at radius 2 is 1.90 bits per heavy atom. The van der Waals surface area contributed by atoms with Gasteiger partial charge in [0, 0.05) is 24.0 Å². The van der Waals surface area contributed by atoms with E-state index in [1.807, 2.05) is 11.8 Å². The molecule has 1 N–H and O–H groups in total. The van der Waals surface area contributed by atoms with Gasteiger partial charge < -0.3 is 5.32 Å². The summed E-state index contributed by atoms with van der Waals surface area (Å²) in [5, 5.41) is 3.61. The summed E-state index contributed by atoms with van der Waals surface area (Å²) in [4.78, 5) is 9.42. The van der Waals surface area contributed by atoms with Crippen molar-refractivity contribution in [1.82, 2.24) is 15.3 Å². The molecule has 0 radical (unpaired) electrons. The van der Waals surface area contributed by atoms with E-state index in [0.717, 1.165) is 35.6 Å². The van der Waals surface area contributed by atoms with Crippen LogP contribution in [-0.2, 0) is 5.75 Å². The van der Waals surface area contributed by atoms with Crippen molar-refractivity contribution in [1.29, 1.82) is 0 Å². The van der Waals surface area contributed by atoms with Gasteiger partial charge in [0.15, 0.2) is 0 Å². The van der Waals surface area contributed by atoms with E-state index in [1.54, 1.807) is 0 Å². The molecule has 4 heteroatoms. The minimum atomic E-state index is 0.493. The first-order valence-electron chi connectivity index (χ1n) is 7.77. The molecule has 1 fully saturated rings. The first-order chi connectivity index (χ1) is 9.61. The molecule has 0 saturated heterocycles. The van der Waals surface area contributed by atoms with Gasteiger partial charge in [0.25, 0.3) is 0 Å². The van der Waals surface area contributed by atoms with Gasteiger partial charge in [0.2, 0.25) is 0 Å². The molecule has 3 nitrogen and oxygen atoms in total. The fourth-order valence-electron chi connectivity index (χ4n) is 2.61. The number of nitrogens with zero attached hydrogens (tertiary/aromatic N) is 2. The van der Waals surface area contributed by atoms with Crippen LogP contribution in [0.25, 0.3) is 0 Å². The Balaban J connectivity index is 2.00. The fourth-order valence-corrected chi connectivity index (χ4v) is 3.36. The fraction of sp³-hybridized carbons (Fsp3) is 0.750. The second kappa shape index (κ2) is 7.41. The normalized spacial score (nSPS) is 16.4. The topological polar surface area (TPSA) is 37.8 Å². The Morgan fingerprint density at radius 3 is 2.45 bits per heavy atom. The zero-order valence-corrected chi connectivity index (χ0v) is 14.0. The smallest absolute Gasteiger partial charge is 0.138 e. The van der Waals surface area contributed by atoms with E-state index in [9.17, 15) is 0 Å². The molecule has 1 aromatic rings. The summed E-state index contributed by atoms with van der Waals surface area (Å²) < 4.78 is 0. The van der Waals surface area contributed by atoms with Crippen LogP contribution in [0, 0.1) is 13.8 Å². The summed E-state index contributed by atoms with van der Waals surface area (Å²) in [6, 6.07) is 0.767. The Morgan fingerprint density at radius 1 is 1.25 bits per heavy atom. The number of rotatable bonds is 8. The zero-order chi connectivity index (χ0) is 14.5. The highest BCUT2D eigenvalue weighted by Crippen LogP contribution is 2.24. The zero-order valence-electron chi connectivity index (χ0n) is 13.2. The monoisotopic (exact) mass is 293 g/mol. The van der Waals surface area contributed by atoms with Crippen LogP contribution in [0.15, 0.2) is 0 Å². The van der Waals surface area contributed by atoms with Crippen molar-refractivity contribution >= 4 is 11.8 Å². The molecule has 1 aromatic heterocycles. The van der Waals surface area contributed by atoms with Gasteiger partial charge in [-0.15, -0.1) is 0 Å². The molecule has 0 amide bonds. The average molecular weight is 293 g/mol. The maximum absolute atomic E-state index is 4.71. The lowest BCUT2D eigenvalue weighted by Gasteiger charge is -2.18. The van der Waals surface area contributed by atoms with E-state index in [0.29, 0.717) is 5.92 Å². The van der Waals surface area contributed by atoms with Crippen LogP contribution in [0.1, 0.15) is 61.8 Å². The first kappa shape index (κ1) is 15.8. The second-order valence-electron chi connectivity index (χ2n) is 5.86. The summed E-state index contributed by atoms with van der Waals surface area (Å²) in [5.41, 5.74) is 3.66. The standard InChI is InChI=1S/C16H27N3S/c1-5-8-20-10-15-18-12(3)16(13(4)19-15)11(2)9-17-14-6-7-14/h11,14,17H,5-10H2,1-4H3. The van der Waals surface area contributed by atoms with Gasteiger partial charge in [-0.1, -0.05) is 13.8 Å². The molecule has 0 aliphatic heterocycles. The third-order valence-corrected chi connectivity index (χ3v) is 4.89. The van der Waals surface area contributed by atoms with Crippen molar-refractivity contribution in [3.05, 3.63) is 22.8 Å². The van der Waals surface area contributed by atoms with Crippen molar-refractivity contribution in [2.45, 2.75) is 64.7 Å². The van der Waals surface area contributed by atoms with Gasteiger partial charge in [0.05, 0.1) is 5.75 Å². The largest absolute Gasteiger partial charge is 0.313 e. The van der Waals surface area contributed by atoms with E-state index in [-0.39, 0.29) is 0 Å². The van der Waals surface area contributed by atoms with Crippen LogP contribution < -0.4 is 5.32 Å².